The second-order valence-electron chi connectivity index (χ2n) is 9.11. The largest absolute Gasteiger partial charge is 0.348 e. The summed E-state index contributed by atoms with van der Waals surface area (Å²) in [6, 6.07) is 14.8. The van der Waals surface area contributed by atoms with Crippen LogP contribution in [0.25, 0.3) is 27.6 Å². The standard InChI is InChI=1S/C26H22F2N4O2/c27-21-3-1-2-15-4-7-17(12-20(15)21)18-8-9-23(22(28)13-18)32-24(29-30-26(32)34)19-10-11-31(14-19)25(33)16-5-6-16/h1-4,7-9,12-13,16,19H,5-6,10-11,14H2,(H,30,34). The third kappa shape index (κ3) is 3.50. The monoisotopic (exact) mass is 460 g/mol. The highest BCUT2D eigenvalue weighted by Crippen LogP contribution is 2.35. The fourth-order valence-corrected chi connectivity index (χ4v) is 4.86. The summed E-state index contributed by atoms with van der Waals surface area (Å²) >= 11 is 0. The Labute approximate surface area is 193 Å². The van der Waals surface area contributed by atoms with Crippen LogP contribution in [0, 0.1) is 17.6 Å². The Morgan fingerprint density at radius 1 is 0.971 bits per heavy atom. The van der Waals surface area contributed by atoms with Gasteiger partial charge in [-0.05, 0) is 60.0 Å². The van der Waals surface area contributed by atoms with Gasteiger partial charge < -0.3 is 4.90 Å². The highest BCUT2D eigenvalue weighted by molar-refractivity contribution is 5.88. The molecule has 1 aliphatic carbocycles. The Hall–Kier alpha value is -3.81. The summed E-state index contributed by atoms with van der Waals surface area (Å²) in [6.45, 7) is 1.09. The molecule has 1 aromatic heterocycles. The first-order valence-electron chi connectivity index (χ1n) is 11.4. The van der Waals surface area contributed by atoms with Gasteiger partial charge in [0.2, 0.25) is 5.91 Å². The third-order valence-electron chi connectivity index (χ3n) is 6.84. The minimum absolute atomic E-state index is 0.0939. The van der Waals surface area contributed by atoms with Gasteiger partial charge in [0.05, 0.1) is 5.69 Å². The number of H-pyrrole nitrogens is 1. The van der Waals surface area contributed by atoms with E-state index in [0.717, 1.165) is 18.2 Å². The van der Waals surface area contributed by atoms with Crippen LogP contribution in [0.5, 0.6) is 0 Å². The molecule has 0 radical (unpaired) electrons. The summed E-state index contributed by atoms with van der Waals surface area (Å²) < 4.78 is 30.8. The molecule has 6 rings (SSSR count). The Morgan fingerprint density at radius 3 is 2.56 bits per heavy atom. The van der Waals surface area contributed by atoms with Crippen molar-refractivity contribution in [1.82, 2.24) is 19.7 Å². The van der Waals surface area contributed by atoms with Gasteiger partial charge in [0, 0.05) is 30.3 Å². The molecule has 2 heterocycles. The number of aromatic nitrogens is 3. The predicted octanol–water partition coefficient (Wildman–Crippen LogP) is 4.38. The normalized spacial score (nSPS) is 18.1. The highest BCUT2D eigenvalue weighted by atomic mass is 19.1. The number of likely N-dealkylation sites (tertiary alicyclic amines) is 1. The maximum Gasteiger partial charge on any atom is 0.348 e. The Bertz CT molecular complexity index is 1490. The van der Waals surface area contributed by atoms with Crippen LogP contribution in [0.3, 0.4) is 0 Å². The lowest BCUT2D eigenvalue weighted by Crippen LogP contribution is -2.30. The van der Waals surface area contributed by atoms with Gasteiger partial charge >= 0.3 is 5.69 Å². The van der Waals surface area contributed by atoms with Crippen molar-refractivity contribution in [3.8, 4) is 16.8 Å². The minimum atomic E-state index is -0.584. The van der Waals surface area contributed by atoms with Crippen molar-refractivity contribution in [2.24, 2.45) is 5.92 Å². The molecule has 8 heteroatoms. The molecule has 3 aromatic carbocycles. The van der Waals surface area contributed by atoms with Crippen molar-refractivity contribution in [3.63, 3.8) is 0 Å². The third-order valence-corrected chi connectivity index (χ3v) is 6.84. The SMILES string of the molecule is O=C(C1CC1)N1CCC(c2n[nH]c(=O)n2-c2ccc(-c3ccc4cccc(F)c4c3)cc2F)C1. The molecule has 1 saturated carbocycles. The first-order chi connectivity index (χ1) is 16.5. The molecule has 1 saturated heterocycles. The first kappa shape index (κ1) is 20.8. The molecule has 2 aliphatic rings. The van der Waals surface area contributed by atoms with Crippen molar-refractivity contribution in [2.45, 2.75) is 25.2 Å². The topological polar surface area (TPSA) is 71.0 Å². The van der Waals surface area contributed by atoms with E-state index in [1.807, 2.05) is 17.0 Å². The van der Waals surface area contributed by atoms with Crippen LogP contribution in [0.2, 0.25) is 0 Å². The van der Waals surface area contributed by atoms with Crippen LogP contribution in [0.4, 0.5) is 8.78 Å². The molecular weight excluding hydrogens is 438 g/mol. The fraction of sp³-hybridized carbons (Fsp3) is 0.269. The van der Waals surface area contributed by atoms with Crippen LogP contribution in [-0.2, 0) is 4.79 Å². The molecule has 172 valence electrons. The molecule has 2 fully saturated rings. The van der Waals surface area contributed by atoms with E-state index in [2.05, 4.69) is 10.2 Å². The zero-order chi connectivity index (χ0) is 23.4. The first-order valence-corrected chi connectivity index (χ1v) is 11.4. The van der Waals surface area contributed by atoms with Crippen molar-refractivity contribution >= 4 is 16.7 Å². The van der Waals surface area contributed by atoms with Gasteiger partial charge in [-0.1, -0.05) is 30.3 Å². The average molecular weight is 460 g/mol. The van der Waals surface area contributed by atoms with Gasteiger partial charge in [-0.15, -0.1) is 0 Å². The summed E-state index contributed by atoms with van der Waals surface area (Å²) in [7, 11) is 0. The lowest BCUT2D eigenvalue weighted by molar-refractivity contribution is -0.131. The summed E-state index contributed by atoms with van der Waals surface area (Å²) in [5.74, 6) is -0.348. The Kier molecular flexibility index (Phi) is 4.83. The number of rotatable bonds is 4. The average Bonchev–Trinajstić information content (AvgIpc) is 3.46. The lowest BCUT2D eigenvalue weighted by atomic mass is 10.0. The van der Waals surface area contributed by atoms with E-state index >= 15 is 4.39 Å². The molecule has 0 bridgehead atoms. The molecule has 1 unspecified atom stereocenters. The molecule has 6 nitrogen and oxygen atoms in total. The molecule has 1 N–H and O–H groups in total. The van der Waals surface area contributed by atoms with E-state index in [0.29, 0.717) is 41.8 Å². The number of carbonyl (C=O) groups is 1. The number of nitrogens with one attached hydrogen (secondary N) is 1. The fourth-order valence-electron chi connectivity index (χ4n) is 4.86. The van der Waals surface area contributed by atoms with E-state index < -0.39 is 11.5 Å². The van der Waals surface area contributed by atoms with Gasteiger partial charge in [-0.25, -0.2) is 23.2 Å². The van der Waals surface area contributed by atoms with E-state index in [1.165, 1.54) is 16.7 Å². The van der Waals surface area contributed by atoms with Crippen LogP contribution < -0.4 is 5.69 Å². The molecule has 1 aliphatic heterocycles. The van der Waals surface area contributed by atoms with E-state index in [9.17, 15) is 14.0 Å². The maximum absolute atomic E-state index is 15.3. The number of nitrogens with zero attached hydrogens (tertiary/aromatic N) is 3. The lowest BCUT2D eigenvalue weighted by Gasteiger charge is -2.16. The van der Waals surface area contributed by atoms with E-state index in [-0.39, 0.29) is 29.2 Å². The molecule has 0 spiro atoms. The maximum atomic E-state index is 15.3. The zero-order valence-electron chi connectivity index (χ0n) is 18.3. The zero-order valence-corrected chi connectivity index (χ0v) is 18.3. The quantitative estimate of drug-likeness (QED) is 0.491. The molecule has 1 amide bonds. The van der Waals surface area contributed by atoms with Crippen LogP contribution >= 0.6 is 0 Å². The van der Waals surface area contributed by atoms with Gasteiger partial charge in [0.25, 0.3) is 0 Å². The second kappa shape index (κ2) is 7.90. The Balaban J connectivity index is 1.33. The predicted molar refractivity (Wildman–Crippen MR) is 124 cm³/mol. The number of carbonyl (C=O) groups excluding carboxylic acids is 1. The van der Waals surface area contributed by atoms with E-state index in [4.69, 9.17) is 0 Å². The van der Waals surface area contributed by atoms with Gasteiger partial charge in [-0.3, -0.25) is 4.79 Å². The summed E-state index contributed by atoms with van der Waals surface area (Å²) in [5, 5.41) is 7.84. The number of benzene rings is 3. The van der Waals surface area contributed by atoms with Crippen LogP contribution in [-0.4, -0.2) is 38.7 Å². The minimum Gasteiger partial charge on any atom is -0.342 e. The summed E-state index contributed by atoms with van der Waals surface area (Å²) in [4.78, 5) is 26.8. The Morgan fingerprint density at radius 2 is 1.76 bits per heavy atom. The molecule has 34 heavy (non-hydrogen) atoms. The van der Waals surface area contributed by atoms with Crippen LogP contribution in [0.1, 0.15) is 31.0 Å². The van der Waals surface area contributed by atoms with Gasteiger partial charge in [0.1, 0.15) is 17.5 Å². The summed E-state index contributed by atoms with van der Waals surface area (Å²) in [6.07, 6.45) is 2.55. The number of hydrogen-bond donors (Lipinski definition) is 1. The van der Waals surface area contributed by atoms with Crippen molar-refractivity contribution < 1.29 is 13.6 Å². The molecular formula is C26H22F2N4O2. The molecule has 1 atom stereocenters. The van der Waals surface area contributed by atoms with Crippen molar-refractivity contribution in [3.05, 3.63) is 82.5 Å². The van der Waals surface area contributed by atoms with Gasteiger partial charge in [0.15, 0.2) is 0 Å². The highest BCUT2D eigenvalue weighted by Gasteiger charge is 2.38. The van der Waals surface area contributed by atoms with Crippen molar-refractivity contribution in [2.75, 3.05) is 13.1 Å². The smallest absolute Gasteiger partial charge is 0.342 e. The number of fused-ring (bicyclic) bond motifs is 1. The number of amides is 1. The van der Waals surface area contributed by atoms with E-state index in [1.54, 1.807) is 30.3 Å². The van der Waals surface area contributed by atoms with Crippen molar-refractivity contribution in [1.29, 1.82) is 0 Å². The van der Waals surface area contributed by atoms with Crippen LogP contribution in [0.15, 0.2) is 59.4 Å². The number of halogens is 2. The summed E-state index contributed by atoms with van der Waals surface area (Å²) in [5.41, 5.74) is 0.817. The molecule has 4 aromatic rings. The number of hydrogen-bond acceptors (Lipinski definition) is 3. The number of aromatic amines is 1. The van der Waals surface area contributed by atoms with Gasteiger partial charge in [-0.2, -0.15) is 5.10 Å². The second-order valence-corrected chi connectivity index (χ2v) is 9.11.